The summed E-state index contributed by atoms with van der Waals surface area (Å²) in [5, 5.41) is 3.39. The molecule has 1 aliphatic rings. The Hall–Kier alpha value is -2.36. The first-order chi connectivity index (χ1) is 9.84. The van der Waals surface area contributed by atoms with Gasteiger partial charge in [-0.25, -0.2) is 0 Å². The second-order valence-corrected chi connectivity index (χ2v) is 4.88. The van der Waals surface area contributed by atoms with Gasteiger partial charge < -0.3 is 10.2 Å². The third-order valence-electron chi connectivity index (χ3n) is 3.47. The molecule has 4 heteroatoms. The maximum atomic E-state index is 11.9. The molecule has 0 unspecified atom stereocenters. The van der Waals surface area contributed by atoms with Gasteiger partial charge in [0.1, 0.15) is 0 Å². The zero-order chi connectivity index (χ0) is 13.8. The van der Waals surface area contributed by atoms with Gasteiger partial charge in [0.25, 0.3) is 0 Å². The van der Waals surface area contributed by atoms with Crippen molar-refractivity contribution in [2.24, 2.45) is 0 Å². The van der Waals surface area contributed by atoms with E-state index in [0.717, 1.165) is 29.9 Å². The number of amides is 1. The first-order valence-corrected chi connectivity index (χ1v) is 6.87. The molecule has 1 aromatic carbocycles. The van der Waals surface area contributed by atoms with E-state index < -0.39 is 0 Å². The van der Waals surface area contributed by atoms with Crippen LogP contribution in [0.5, 0.6) is 0 Å². The molecule has 2 heterocycles. The van der Waals surface area contributed by atoms with E-state index in [1.807, 2.05) is 47.5 Å². The zero-order valence-electron chi connectivity index (χ0n) is 11.2. The van der Waals surface area contributed by atoms with Crippen LogP contribution in [0.25, 0.3) is 0 Å². The van der Waals surface area contributed by atoms with Crippen LogP contribution in [0.2, 0.25) is 0 Å². The van der Waals surface area contributed by atoms with Crippen molar-refractivity contribution >= 4 is 17.3 Å². The van der Waals surface area contributed by atoms with Crippen molar-refractivity contribution in [3.8, 4) is 0 Å². The molecule has 0 saturated carbocycles. The van der Waals surface area contributed by atoms with E-state index in [4.69, 9.17) is 0 Å². The van der Waals surface area contributed by atoms with Crippen LogP contribution in [-0.2, 0) is 11.3 Å². The van der Waals surface area contributed by atoms with Gasteiger partial charge in [0.15, 0.2) is 0 Å². The highest BCUT2D eigenvalue weighted by molar-refractivity contribution is 5.98. The van der Waals surface area contributed by atoms with E-state index in [-0.39, 0.29) is 5.91 Å². The minimum absolute atomic E-state index is 0.209. The molecule has 0 atom stereocenters. The van der Waals surface area contributed by atoms with Crippen molar-refractivity contribution in [3.05, 3.63) is 54.4 Å². The lowest BCUT2D eigenvalue weighted by Crippen LogP contribution is -2.24. The van der Waals surface area contributed by atoms with Gasteiger partial charge in [-0.1, -0.05) is 18.2 Å². The zero-order valence-corrected chi connectivity index (χ0v) is 11.2. The number of benzene rings is 1. The topological polar surface area (TPSA) is 45.2 Å². The summed E-state index contributed by atoms with van der Waals surface area (Å²) in [5.74, 6) is 0.209. The standard InChI is InChI=1S/C16H17N3O/c20-16-8-4-10-19(16)15-7-2-1-6-14(15)18-12-13-5-3-9-17-11-13/h1-3,5-7,9,11,18H,4,8,10,12H2. The summed E-state index contributed by atoms with van der Waals surface area (Å²) >= 11 is 0. The lowest BCUT2D eigenvalue weighted by atomic mass is 10.2. The predicted octanol–water partition coefficient (Wildman–Crippen LogP) is 2.82. The molecule has 102 valence electrons. The molecule has 1 aliphatic heterocycles. The lowest BCUT2D eigenvalue weighted by molar-refractivity contribution is -0.117. The number of pyridine rings is 1. The fourth-order valence-electron chi connectivity index (χ4n) is 2.46. The van der Waals surface area contributed by atoms with E-state index in [1.165, 1.54) is 0 Å². The van der Waals surface area contributed by atoms with Crippen LogP contribution in [0.15, 0.2) is 48.8 Å². The molecule has 0 spiro atoms. The molecule has 1 amide bonds. The molecule has 4 nitrogen and oxygen atoms in total. The SMILES string of the molecule is O=C1CCCN1c1ccccc1NCc1cccnc1. The van der Waals surface area contributed by atoms with E-state index in [9.17, 15) is 4.79 Å². The van der Waals surface area contributed by atoms with Crippen LogP contribution in [0.1, 0.15) is 18.4 Å². The Bertz CT molecular complexity index is 598. The molecular weight excluding hydrogens is 250 g/mol. The van der Waals surface area contributed by atoms with Crippen molar-refractivity contribution < 1.29 is 4.79 Å². The van der Waals surface area contributed by atoms with Crippen molar-refractivity contribution in [1.29, 1.82) is 0 Å². The first-order valence-electron chi connectivity index (χ1n) is 6.87. The highest BCUT2D eigenvalue weighted by atomic mass is 16.2. The van der Waals surface area contributed by atoms with E-state index in [0.29, 0.717) is 13.0 Å². The molecule has 1 N–H and O–H groups in total. The number of nitrogens with one attached hydrogen (secondary N) is 1. The Labute approximate surface area is 118 Å². The summed E-state index contributed by atoms with van der Waals surface area (Å²) in [6, 6.07) is 11.9. The second kappa shape index (κ2) is 5.74. The van der Waals surface area contributed by atoms with E-state index >= 15 is 0 Å². The van der Waals surface area contributed by atoms with Crippen LogP contribution in [0.4, 0.5) is 11.4 Å². The summed E-state index contributed by atoms with van der Waals surface area (Å²) in [5.41, 5.74) is 3.08. The summed E-state index contributed by atoms with van der Waals surface area (Å²) < 4.78 is 0. The Morgan fingerprint density at radius 1 is 1.20 bits per heavy atom. The number of anilines is 2. The van der Waals surface area contributed by atoms with Gasteiger partial charge in [-0.05, 0) is 30.2 Å². The number of hydrogen-bond acceptors (Lipinski definition) is 3. The minimum Gasteiger partial charge on any atom is -0.379 e. The maximum Gasteiger partial charge on any atom is 0.227 e. The smallest absolute Gasteiger partial charge is 0.227 e. The van der Waals surface area contributed by atoms with Crippen LogP contribution in [0.3, 0.4) is 0 Å². The second-order valence-electron chi connectivity index (χ2n) is 4.88. The largest absolute Gasteiger partial charge is 0.379 e. The van der Waals surface area contributed by atoms with Gasteiger partial charge in [-0.2, -0.15) is 0 Å². The molecule has 0 radical (unpaired) electrons. The third kappa shape index (κ3) is 2.64. The third-order valence-corrected chi connectivity index (χ3v) is 3.47. The monoisotopic (exact) mass is 267 g/mol. The minimum atomic E-state index is 0.209. The Kier molecular flexibility index (Phi) is 3.63. The summed E-state index contributed by atoms with van der Waals surface area (Å²) in [6.07, 6.45) is 5.20. The van der Waals surface area contributed by atoms with Crippen molar-refractivity contribution in [2.75, 3.05) is 16.8 Å². The first kappa shape index (κ1) is 12.7. The fourth-order valence-corrected chi connectivity index (χ4v) is 2.46. The average Bonchev–Trinajstić information content (AvgIpc) is 2.92. The van der Waals surface area contributed by atoms with Crippen LogP contribution < -0.4 is 10.2 Å². The molecule has 2 aromatic rings. The Morgan fingerprint density at radius 2 is 2.10 bits per heavy atom. The number of para-hydroxylation sites is 2. The highest BCUT2D eigenvalue weighted by Crippen LogP contribution is 2.29. The van der Waals surface area contributed by atoms with Crippen molar-refractivity contribution in [1.82, 2.24) is 4.98 Å². The molecular formula is C16H17N3O. The van der Waals surface area contributed by atoms with Crippen LogP contribution in [-0.4, -0.2) is 17.4 Å². The molecule has 1 aromatic heterocycles. The normalized spacial score (nSPS) is 14.6. The lowest BCUT2D eigenvalue weighted by Gasteiger charge is -2.20. The Balaban J connectivity index is 1.78. The van der Waals surface area contributed by atoms with Gasteiger partial charge in [0.05, 0.1) is 11.4 Å². The van der Waals surface area contributed by atoms with Gasteiger partial charge >= 0.3 is 0 Å². The summed E-state index contributed by atoms with van der Waals surface area (Å²) in [7, 11) is 0. The van der Waals surface area contributed by atoms with Gasteiger partial charge in [0.2, 0.25) is 5.91 Å². The predicted molar refractivity (Wildman–Crippen MR) is 79.6 cm³/mol. The van der Waals surface area contributed by atoms with Crippen LogP contribution >= 0.6 is 0 Å². The number of aromatic nitrogens is 1. The van der Waals surface area contributed by atoms with Crippen LogP contribution in [0, 0.1) is 0 Å². The summed E-state index contributed by atoms with van der Waals surface area (Å²) in [4.78, 5) is 17.9. The average molecular weight is 267 g/mol. The summed E-state index contributed by atoms with van der Waals surface area (Å²) in [6.45, 7) is 1.51. The van der Waals surface area contributed by atoms with E-state index in [2.05, 4.69) is 10.3 Å². The van der Waals surface area contributed by atoms with E-state index in [1.54, 1.807) is 6.20 Å². The van der Waals surface area contributed by atoms with Gasteiger partial charge in [-0.3, -0.25) is 9.78 Å². The van der Waals surface area contributed by atoms with Gasteiger partial charge in [-0.15, -0.1) is 0 Å². The van der Waals surface area contributed by atoms with Crippen molar-refractivity contribution in [3.63, 3.8) is 0 Å². The molecule has 0 aliphatic carbocycles. The number of hydrogen-bond donors (Lipinski definition) is 1. The number of carbonyl (C=O) groups excluding carboxylic acids is 1. The van der Waals surface area contributed by atoms with Gasteiger partial charge in [0, 0.05) is 31.9 Å². The highest BCUT2D eigenvalue weighted by Gasteiger charge is 2.23. The molecule has 20 heavy (non-hydrogen) atoms. The number of nitrogens with zero attached hydrogens (tertiary/aromatic N) is 2. The fraction of sp³-hybridized carbons (Fsp3) is 0.250. The molecule has 1 fully saturated rings. The quantitative estimate of drug-likeness (QED) is 0.926. The molecule has 3 rings (SSSR count). The molecule has 1 saturated heterocycles. The molecule has 0 bridgehead atoms. The van der Waals surface area contributed by atoms with Crippen molar-refractivity contribution in [2.45, 2.75) is 19.4 Å². The Morgan fingerprint density at radius 3 is 2.85 bits per heavy atom. The maximum absolute atomic E-state index is 11.9. The number of rotatable bonds is 4. The number of carbonyl (C=O) groups is 1.